The molecule has 3 aliphatic carbocycles. The first-order chi connectivity index (χ1) is 19.6. The number of carbonyl (C=O) groups excluding carboxylic acids is 3. The van der Waals surface area contributed by atoms with Gasteiger partial charge in [-0.2, -0.15) is 0 Å². The van der Waals surface area contributed by atoms with Gasteiger partial charge in [-0.15, -0.1) is 0 Å². The van der Waals surface area contributed by atoms with E-state index in [4.69, 9.17) is 17.3 Å². The molecule has 8 nitrogen and oxygen atoms in total. The average Bonchev–Trinajstić information content (AvgIpc) is 3.86. The van der Waals surface area contributed by atoms with Crippen LogP contribution in [0.3, 0.4) is 0 Å². The number of nitrogens with one attached hydrogen (secondary N) is 3. The Labute approximate surface area is 244 Å². The van der Waals surface area contributed by atoms with Crippen LogP contribution in [0.2, 0.25) is 5.02 Å². The molecule has 5 N–H and O–H groups in total. The molecule has 6 rings (SSSR count). The lowest BCUT2D eigenvalue weighted by atomic mass is 9.89. The van der Waals surface area contributed by atoms with E-state index >= 15 is 0 Å². The molecule has 2 saturated carbocycles. The maximum atomic E-state index is 14.0. The van der Waals surface area contributed by atoms with Gasteiger partial charge in [0.05, 0.1) is 22.8 Å². The highest BCUT2D eigenvalue weighted by Gasteiger charge is 2.54. The van der Waals surface area contributed by atoms with Crippen molar-refractivity contribution in [3.8, 4) is 0 Å². The van der Waals surface area contributed by atoms with E-state index in [0.717, 1.165) is 36.8 Å². The number of amides is 4. The van der Waals surface area contributed by atoms with Crippen molar-refractivity contribution in [3.63, 3.8) is 0 Å². The highest BCUT2D eigenvalue weighted by Crippen LogP contribution is 2.50. The lowest BCUT2D eigenvalue weighted by Gasteiger charge is -2.36. The number of urea groups is 1. The average molecular weight is 582 g/mol. The zero-order valence-electron chi connectivity index (χ0n) is 23.4. The summed E-state index contributed by atoms with van der Waals surface area (Å²) in [6, 6.07) is 8.39. The molecule has 218 valence electrons. The predicted octanol–water partition coefficient (Wildman–Crippen LogP) is 4.71. The molecule has 3 atom stereocenters. The molecular weight excluding hydrogens is 545 g/mol. The second-order valence-corrected chi connectivity index (χ2v) is 13.0. The van der Waals surface area contributed by atoms with Crippen LogP contribution >= 0.6 is 11.6 Å². The summed E-state index contributed by atoms with van der Waals surface area (Å²) in [6.45, 7) is 4.40. The zero-order chi connectivity index (χ0) is 29.1. The van der Waals surface area contributed by atoms with Gasteiger partial charge in [-0.3, -0.25) is 9.59 Å². The van der Waals surface area contributed by atoms with Crippen molar-refractivity contribution in [2.24, 2.45) is 29.4 Å². The number of hydrogen-bond acceptors (Lipinski definition) is 4. The number of nitrogens with two attached hydrogens (primary N) is 1. The van der Waals surface area contributed by atoms with Crippen molar-refractivity contribution in [2.45, 2.75) is 70.0 Å². The summed E-state index contributed by atoms with van der Waals surface area (Å²) in [7, 11) is 0. The first-order valence-corrected chi connectivity index (χ1v) is 15.0. The summed E-state index contributed by atoms with van der Waals surface area (Å²) in [5.41, 5.74) is 7.74. The molecule has 0 radical (unpaired) electrons. The van der Waals surface area contributed by atoms with E-state index in [-0.39, 0.29) is 53.4 Å². The maximum Gasteiger partial charge on any atom is 0.318 e. The van der Waals surface area contributed by atoms with E-state index in [1.54, 1.807) is 4.90 Å². The van der Waals surface area contributed by atoms with Crippen LogP contribution in [-0.2, 0) is 22.4 Å². The molecule has 4 aliphatic rings. The fraction of sp³-hybridized carbons (Fsp3) is 0.516. The van der Waals surface area contributed by atoms with Gasteiger partial charge in [0.15, 0.2) is 0 Å². The number of rotatable bonds is 9. The first kappa shape index (κ1) is 28.0. The SMILES string of the molecule is CC(C)[C@@H]1CN(C2(C(=O)Nc3cc(F)ccc3Cl)Cc3ccc(NC(=O)[C@@H](N)C(C4CC4)C4CC4)cc3C2)C(=O)N1. The Balaban J connectivity index is 1.26. The molecule has 2 aromatic carbocycles. The number of halogens is 2. The van der Waals surface area contributed by atoms with Crippen LogP contribution in [0, 0.1) is 29.5 Å². The van der Waals surface area contributed by atoms with Crippen LogP contribution in [0.1, 0.15) is 50.7 Å². The molecule has 0 aromatic heterocycles. The largest absolute Gasteiger partial charge is 0.333 e. The smallest absolute Gasteiger partial charge is 0.318 e. The van der Waals surface area contributed by atoms with E-state index in [9.17, 15) is 18.8 Å². The highest BCUT2D eigenvalue weighted by molar-refractivity contribution is 6.33. The Bertz CT molecular complexity index is 1380. The molecule has 1 heterocycles. The second kappa shape index (κ2) is 10.6. The maximum absolute atomic E-state index is 14.0. The topological polar surface area (TPSA) is 117 Å². The number of hydrogen-bond donors (Lipinski definition) is 4. The molecule has 3 fully saturated rings. The van der Waals surface area contributed by atoms with Gasteiger partial charge in [-0.25, -0.2) is 9.18 Å². The summed E-state index contributed by atoms with van der Waals surface area (Å²) >= 11 is 6.27. The summed E-state index contributed by atoms with van der Waals surface area (Å²) in [4.78, 5) is 42.1. The summed E-state index contributed by atoms with van der Waals surface area (Å²) in [6.07, 6.45) is 5.10. The Morgan fingerprint density at radius 1 is 1.05 bits per heavy atom. The lowest BCUT2D eigenvalue weighted by Crippen LogP contribution is -2.59. The Hall–Kier alpha value is -3.17. The molecule has 0 bridgehead atoms. The second-order valence-electron chi connectivity index (χ2n) is 12.6. The van der Waals surface area contributed by atoms with Gasteiger partial charge in [0.25, 0.3) is 5.91 Å². The Morgan fingerprint density at radius 3 is 2.37 bits per heavy atom. The van der Waals surface area contributed by atoms with E-state index in [1.807, 2.05) is 32.0 Å². The van der Waals surface area contributed by atoms with Crippen molar-refractivity contribution >= 4 is 40.8 Å². The monoisotopic (exact) mass is 581 g/mol. The van der Waals surface area contributed by atoms with Crippen LogP contribution in [0.5, 0.6) is 0 Å². The lowest BCUT2D eigenvalue weighted by molar-refractivity contribution is -0.125. The molecular formula is C31H37ClFN5O3. The third kappa shape index (κ3) is 5.42. The van der Waals surface area contributed by atoms with E-state index in [1.165, 1.54) is 18.2 Å². The van der Waals surface area contributed by atoms with Crippen LogP contribution in [0.15, 0.2) is 36.4 Å². The van der Waals surface area contributed by atoms with Crippen molar-refractivity contribution in [1.29, 1.82) is 0 Å². The number of anilines is 2. The van der Waals surface area contributed by atoms with Gasteiger partial charge in [0, 0.05) is 25.1 Å². The third-order valence-electron chi connectivity index (χ3n) is 9.34. The van der Waals surface area contributed by atoms with Gasteiger partial charge in [-0.1, -0.05) is 31.5 Å². The number of carbonyl (C=O) groups is 3. The molecule has 1 saturated heterocycles. The molecule has 1 aliphatic heterocycles. The van der Waals surface area contributed by atoms with E-state index < -0.39 is 23.3 Å². The number of benzene rings is 2. The van der Waals surface area contributed by atoms with E-state index in [2.05, 4.69) is 16.0 Å². The number of fused-ring (bicyclic) bond motifs is 1. The molecule has 4 amide bonds. The minimum Gasteiger partial charge on any atom is -0.333 e. The van der Waals surface area contributed by atoms with Crippen molar-refractivity contribution in [1.82, 2.24) is 10.2 Å². The molecule has 0 spiro atoms. The van der Waals surface area contributed by atoms with Gasteiger partial charge < -0.3 is 26.6 Å². The normalized spacial score (nSPS) is 24.4. The van der Waals surface area contributed by atoms with Crippen LogP contribution in [-0.4, -0.2) is 46.9 Å². The summed E-state index contributed by atoms with van der Waals surface area (Å²) in [5.74, 6) is 0.354. The van der Waals surface area contributed by atoms with Crippen LogP contribution in [0.25, 0.3) is 0 Å². The molecule has 10 heteroatoms. The van der Waals surface area contributed by atoms with Crippen molar-refractivity contribution in [2.75, 3.05) is 17.2 Å². The zero-order valence-corrected chi connectivity index (χ0v) is 24.1. The highest BCUT2D eigenvalue weighted by atomic mass is 35.5. The summed E-state index contributed by atoms with van der Waals surface area (Å²) < 4.78 is 14.0. The quantitative estimate of drug-likeness (QED) is 0.343. The summed E-state index contributed by atoms with van der Waals surface area (Å²) in [5, 5.41) is 9.02. The van der Waals surface area contributed by atoms with E-state index in [0.29, 0.717) is 24.1 Å². The molecule has 41 heavy (non-hydrogen) atoms. The van der Waals surface area contributed by atoms with Gasteiger partial charge in [0.1, 0.15) is 11.4 Å². The standard InChI is InChI=1S/C31H37ClFN5O3/c1-16(2)25-15-38(30(41)37-25)31(29(40)36-24-12-21(33)8-10-23(24)32)13-19-7-9-22(11-20(19)14-31)35-28(39)27(34)26(17-3-4-17)18-5-6-18/h7-12,16-18,25-27H,3-6,13-15,34H2,1-2H3,(H,35,39)(H,36,40)(H,37,41)/t25-,27-,31?/m0/s1. The van der Waals surface area contributed by atoms with Gasteiger partial charge >= 0.3 is 6.03 Å². The van der Waals surface area contributed by atoms with Gasteiger partial charge in [-0.05, 0) is 90.8 Å². The van der Waals surface area contributed by atoms with Crippen LogP contribution in [0.4, 0.5) is 20.6 Å². The fourth-order valence-corrected chi connectivity index (χ4v) is 6.85. The minimum absolute atomic E-state index is 0.115. The van der Waals surface area contributed by atoms with Crippen LogP contribution < -0.4 is 21.7 Å². The minimum atomic E-state index is -1.26. The number of nitrogens with zero attached hydrogens (tertiary/aromatic N) is 1. The Morgan fingerprint density at radius 2 is 1.73 bits per heavy atom. The van der Waals surface area contributed by atoms with Crippen molar-refractivity contribution < 1.29 is 18.8 Å². The third-order valence-corrected chi connectivity index (χ3v) is 9.67. The van der Waals surface area contributed by atoms with Gasteiger partial charge in [0.2, 0.25) is 5.91 Å². The molecule has 1 unspecified atom stereocenters. The Kier molecular flexibility index (Phi) is 7.22. The predicted molar refractivity (Wildman–Crippen MR) is 156 cm³/mol. The fourth-order valence-electron chi connectivity index (χ4n) is 6.68. The van der Waals surface area contributed by atoms with Crippen molar-refractivity contribution in [3.05, 3.63) is 58.4 Å². The molecule has 2 aromatic rings. The first-order valence-electron chi connectivity index (χ1n) is 14.6.